The summed E-state index contributed by atoms with van der Waals surface area (Å²) in [5.41, 5.74) is 0.378. The van der Waals surface area contributed by atoms with Crippen LogP contribution in [0.1, 0.15) is 17.4 Å². The molecule has 5 heteroatoms. The number of amides is 1. The number of rotatable bonds is 4. The molecule has 1 aromatic heterocycles. The maximum Gasteiger partial charge on any atom is 0.269 e. The molecule has 82 valence electrons. The van der Waals surface area contributed by atoms with Crippen LogP contribution in [-0.2, 0) is 0 Å². The first-order valence-corrected chi connectivity index (χ1v) is 5.08. The van der Waals surface area contributed by atoms with Crippen molar-refractivity contribution in [1.29, 1.82) is 0 Å². The van der Waals surface area contributed by atoms with E-state index in [2.05, 4.69) is 15.6 Å². The van der Waals surface area contributed by atoms with Crippen molar-refractivity contribution in [2.75, 3.05) is 13.6 Å². The van der Waals surface area contributed by atoms with E-state index in [1.165, 1.54) is 6.20 Å². The molecule has 0 aliphatic carbocycles. The highest BCUT2D eigenvalue weighted by atomic mass is 35.5. The highest BCUT2D eigenvalue weighted by Gasteiger charge is 2.07. The lowest BCUT2D eigenvalue weighted by Gasteiger charge is -2.10. The molecule has 0 bridgehead atoms. The van der Waals surface area contributed by atoms with Gasteiger partial charge in [0.25, 0.3) is 5.91 Å². The average Bonchev–Trinajstić information content (AvgIpc) is 2.26. The van der Waals surface area contributed by atoms with Gasteiger partial charge in [0.05, 0.1) is 5.02 Å². The molecule has 1 amide bonds. The van der Waals surface area contributed by atoms with Gasteiger partial charge in [0.1, 0.15) is 5.69 Å². The van der Waals surface area contributed by atoms with Crippen molar-refractivity contribution in [3.63, 3.8) is 0 Å². The number of nitrogens with zero attached hydrogens (tertiary/aromatic N) is 1. The van der Waals surface area contributed by atoms with Gasteiger partial charge >= 0.3 is 0 Å². The largest absolute Gasteiger partial charge is 0.349 e. The first kappa shape index (κ1) is 11.9. The summed E-state index contributed by atoms with van der Waals surface area (Å²) < 4.78 is 0. The molecule has 1 unspecified atom stereocenters. The Labute approximate surface area is 94.0 Å². The second kappa shape index (κ2) is 5.68. The smallest absolute Gasteiger partial charge is 0.269 e. The minimum atomic E-state index is -0.186. The molecule has 0 saturated heterocycles. The zero-order valence-electron chi connectivity index (χ0n) is 8.75. The summed E-state index contributed by atoms with van der Waals surface area (Å²) in [5, 5.41) is 6.31. The van der Waals surface area contributed by atoms with E-state index < -0.39 is 0 Å². The lowest BCUT2D eigenvalue weighted by atomic mass is 10.3. The third-order valence-corrected chi connectivity index (χ3v) is 2.25. The fourth-order valence-electron chi connectivity index (χ4n) is 0.949. The third kappa shape index (κ3) is 3.85. The third-order valence-electron chi connectivity index (χ3n) is 2.02. The molecule has 0 fully saturated rings. The van der Waals surface area contributed by atoms with Crippen LogP contribution in [0.25, 0.3) is 0 Å². The van der Waals surface area contributed by atoms with Crippen molar-refractivity contribution in [3.8, 4) is 0 Å². The zero-order chi connectivity index (χ0) is 11.3. The van der Waals surface area contributed by atoms with Crippen molar-refractivity contribution < 1.29 is 4.79 Å². The summed E-state index contributed by atoms with van der Waals surface area (Å²) in [6, 6.07) is 3.48. The number of hydrogen-bond donors (Lipinski definition) is 2. The van der Waals surface area contributed by atoms with Gasteiger partial charge in [-0.05, 0) is 26.1 Å². The minimum absolute atomic E-state index is 0.186. The second-order valence-corrected chi connectivity index (χ2v) is 3.70. The molecule has 1 heterocycles. The Morgan fingerprint density at radius 3 is 2.87 bits per heavy atom. The van der Waals surface area contributed by atoms with E-state index in [1.54, 1.807) is 12.1 Å². The monoisotopic (exact) mass is 227 g/mol. The van der Waals surface area contributed by atoms with Crippen LogP contribution in [0.15, 0.2) is 18.3 Å². The van der Waals surface area contributed by atoms with Crippen molar-refractivity contribution in [1.82, 2.24) is 15.6 Å². The van der Waals surface area contributed by atoms with Gasteiger partial charge in [0.2, 0.25) is 0 Å². The molecule has 0 aromatic carbocycles. The lowest BCUT2D eigenvalue weighted by Crippen LogP contribution is -2.37. The number of nitrogens with one attached hydrogen (secondary N) is 2. The van der Waals surface area contributed by atoms with Gasteiger partial charge in [0.15, 0.2) is 0 Å². The summed E-state index contributed by atoms with van der Waals surface area (Å²) in [6.45, 7) is 2.55. The Morgan fingerprint density at radius 1 is 1.60 bits per heavy atom. The molecule has 1 rings (SSSR count). The van der Waals surface area contributed by atoms with Crippen LogP contribution in [0, 0.1) is 0 Å². The summed E-state index contributed by atoms with van der Waals surface area (Å²) >= 11 is 5.66. The minimum Gasteiger partial charge on any atom is -0.349 e. The average molecular weight is 228 g/mol. The van der Waals surface area contributed by atoms with Gasteiger partial charge < -0.3 is 10.6 Å². The molecule has 0 aliphatic rings. The normalized spacial score (nSPS) is 12.2. The Balaban J connectivity index is 2.50. The molecule has 1 atom stereocenters. The molecule has 0 aliphatic heterocycles. The highest BCUT2D eigenvalue weighted by Crippen LogP contribution is 2.05. The molecular formula is C10H14ClN3O. The zero-order valence-corrected chi connectivity index (χ0v) is 9.51. The molecule has 0 saturated carbocycles. The van der Waals surface area contributed by atoms with E-state index in [4.69, 9.17) is 11.6 Å². The molecule has 1 aromatic rings. The van der Waals surface area contributed by atoms with Crippen molar-refractivity contribution in [2.45, 2.75) is 13.0 Å². The molecule has 0 radical (unpaired) electrons. The standard InChI is InChI=1S/C10H14ClN3O/c1-7(12-2)5-14-10(15)9-4-3-8(11)6-13-9/h3-4,6-7,12H,5H2,1-2H3,(H,14,15). The Bertz CT molecular complexity index is 326. The summed E-state index contributed by atoms with van der Waals surface area (Å²) in [5.74, 6) is -0.186. The predicted molar refractivity (Wildman–Crippen MR) is 60.1 cm³/mol. The SMILES string of the molecule is CNC(C)CNC(=O)c1ccc(Cl)cn1. The van der Waals surface area contributed by atoms with E-state index in [0.717, 1.165) is 0 Å². The van der Waals surface area contributed by atoms with E-state index in [0.29, 0.717) is 17.3 Å². The Hall–Kier alpha value is -1.13. The quantitative estimate of drug-likeness (QED) is 0.809. The van der Waals surface area contributed by atoms with Crippen LogP contribution in [0.5, 0.6) is 0 Å². The van der Waals surface area contributed by atoms with Crippen LogP contribution in [0.3, 0.4) is 0 Å². The predicted octanol–water partition coefficient (Wildman–Crippen LogP) is 1.07. The topological polar surface area (TPSA) is 54.0 Å². The maximum atomic E-state index is 11.5. The number of hydrogen-bond acceptors (Lipinski definition) is 3. The van der Waals surface area contributed by atoms with Crippen LogP contribution in [-0.4, -0.2) is 30.5 Å². The lowest BCUT2D eigenvalue weighted by molar-refractivity contribution is 0.0945. The van der Waals surface area contributed by atoms with Gasteiger partial charge in [-0.3, -0.25) is 4.79 Å². The van der Waals surface area contributed by atoms with Crippen LogP contribution in [0.4, 0.5) is 0 Å². The highest BCUT2D eigenvalue weighted by molar-refractivity contribution is 6.30. The number of carbonyl (C=O) groups excluding carboxylic acids is 1. The van der Waals surface area contributed by atoms with E-state index in [1.807, 2.05) is 14.0 Å². The maximum absolute atomic E-state index is 11.5. The van der Waals surface area contributed by atoms with E-state index in [-0.39, 0.29) is 11.9 Å². The first-order valence-electron chi connectivity index (χ1n) is 4.70. The molecule has 0 spiro atoms. The van der Waals surface area contributed by atoms with Gasteiger partial charge in [-0.2, -0.15) is 0 Å². The van der Waals surface area contributed by atoms with Crippen LogP contribution >= 0.6 is 11.6 Å². The van der Waals surface area contributed by atoms with E-state index in [9.17, 15) is 4.79 Å². The molecular weight excluding hydrogens is 214 g/mol. The van der Waals surface area contributed by atoms with Crippen molar-refractivity contribution >= 4 is 17.5 Å². The molecule has 2 N–H and O–H groups in total. The fourth-order valence-corrected chi connectivity index (χ4v) is 1.06. The number of carbonyl (C=O) groups is 1. The number of aromatic nitrogens is 1. The second-order valence-electron chi connectivity index (χ2n) is 3.26. The molecule has 15 heavy (non-hydrogen) atoms. The van der Waals surface area contributed by atoms with Gasteiger partial charge in [-0.1, -0.05) is 11.6 Å². The fraction of sp³-hybridized carbons (Fsp3) is 0.400. The Morgan fingerprint density at radius 2 is 2.33 bits per heavy atom. The molecule has 4 nitrogen and oxygen atoms in total. The summed E-state index contributed by atoms with van der Waals surface area (Å²) in [6.07, 6.45) is 1.46. The van der Waals surface area contributed by atoms with Gasteiger partial charge in [-0.15, -0.1) is 0 Å². The van der Waals surface area contributed by atoms with Crippen molar-refractivity contribution in [3.05, 3.63) is 29.0 Å². The van der Waals surface area contributed by atoms with Gasteiger partial charge in [-0.25, -0.2) is 4.98 Å². The van der Waals surface area contributed by atoms with Crippen molar-refractivity contribution in [2.24, 2.45) is 0 Å². The summed E-state index contributed by atoms with van der Waals surface area (Å²) in [7, 11) is 1.84. The summed E-state index contributed by atoms with van der Waals surface area (Å²) in [4.78, 5) is 15.4. The number of pyridine rings is 1. The van der Waals surface area contributed by atoms with Gasteiger partial charge in [0, 0.05) is 18.8 Å². The van der Waals surface area contributed by atoms with Crippen LogP contribution in [0.2, 0.25) is 5.02 Å². The van der Waals surface area contributed by atoms with Crippen LogP contribution < -0.4 is 10.6 Å². The number of likely N-dealkylation sites (N-methyl/N-ethyl adjacent to an activating group) is 1. The first-order chi connectivity index (χ1) is 7.13. The van der Waals surface area contributed by atoms with E-state index >= 15 is 0 Å². The number of halogens is 1. The Kier molecular flexibility index (Phi) is 4.52.